The number of hydrogen-bond donors (Lipinski definition) is 1. The van der Waals surface area contributed by atoms with Crippen LogP contribution in [0, 0.1) is 0 Å². The van der Waals surface area contributed by atoms with Crippen LogP contribution in [0.5, 0.6) is 0 Å². The summed E-state index contributed by atoms with van der Waals surface area (Å²) in [5, 5.41) is 6.55. The zero-order chi connectivity index (χ0) is 15.1. The Balaban J connectivity index is 2.18. The Hall–Kier alpha value is -0.830. The van der Waals surface area contributed by atoms with Crippen molar-refractivity contribution in [1.82, 2.24) is 5.32 Å². The molecule has 1 atom stereocenters. The van der Waals surface area contributed by atoms with E-state index in [-0.39, 0.29) is 6.04 Å². The normalized spacial score (nSPS) is 12.5. The summed E-state index contributed by atoms with van der Waals surface area (Å²) < 4.78 is 0. The topological polar surface area (TPSA) is 12.0 Å². The monoisotopic (exact) mass is 321 g/mol. The van der Waals surface area contributed by atoms with Crippen LogP contribution < -0.4 is 5.32 Å². The van der Waals surface area contributed by atoms with Gasteiger partial charge >= 0.3 is 0 Å². The maximum Gasteiger partial charge on any atom is 0.0686 e. The largest absolute Gasteiger partial charge is 0.306 e. The second-order valence-corrected chi connectivity index (χ2v) is 6.72. The molecular weight excluding hydrogens is 298 g/mol. The lowest BCUT2D eigenvalue weighted by Gasteiger charge is -2.19. The SMILES string of the molecule is CCCCc1ccc(C(NCCC)c2sccc2Cl)cc1. The molecule has 0 radical (unpaired) electrons. The third-order valence-corrected chi connectivity index (χ3v) is 5.06. The number of benzene rings is 1. The molecule has 0 saturated carbocycles. The molecule has 0 bridgehead atoms. The lowest BCUT2D eigenvalue weighted by molar-refractivity contribution is 0.606. The summed E-state index contributed by atoms with van der Waals surface area (Å²) in [6.45, 7) is 5.42. The van der Waals surface area contributed by atoms with Gasteiger partial charge in [-0.3, -0.25) is 0 Å². The molecule has 0 aliphatic rings. The van der Waals surface area contributed by atoms with E-state index in [2.05, 4.69) is 48.8 Å². The molecule has 0 spiro atoms. The van der Waals surface area contributed by atoms with Crippen LogP contribution in [0.4, 0.5) is 0 Å². The molecule has 2 rings (SSSR count). The highest BCUT2D eigenvalue weighted by Gasteiger charge is 2.17. The predicted molar refractivity (Wildman–Crippen MR) is 94.5 cm³/mol. The van der Waals surface area contributed by atoms with Crippen molar-refractivity contribution in [3.8, 4) is 0 Å². The van der Waals surface area contributed by atoms with Crippen molar-refractivity contribution in [2.75, 3.05) is 6.54 Å². The lowest BCUT2D eigenvalue weighted by atomic mass is 10.0. The van der Waals surface area contributed by atoms with E-state index >= 15 is 0 Å². The van der Waals surface area contributed by atoms with Crippen LogP contribution in [0.3, 0.4) is 0 Å². The molecule has 1 aromatic heterocycles. The molecule has 0 aliphatic heterocycles. The van der Waals surface area contributed by atoms with Gasteiger partial charge in [0, 0.05) is 4.88 Å². The summed E-state index contributed by atoms with van der Waals surface area (Å²) in [7, 11) is 0. The van der Waals surface area contributed by atoms with Gasteiger partial charge in [0.2, 0.25) is 0 Å². The zero-order valence-corrected chi connectivity index (χ0v) is 14.4. The summed E-state index contributed by atoms with van der Waals surface area (Å²) in [6, 6.07) is 11.2. The van der Waals surface area contributed by atoms with Crippen LogP contribution in [-0.4, -0.2) is 6.54 Å². The van der Waals surface area contributed by atoms with Gasteiger partial charge in [0.15, 0.2) is 0 Å². The van der Waals surface area contributed by atoms with Crippen molar-refractivity contribution in [3.63, 3.8) is 0 Å². The minimum absolute atomic E-state index is 0.206. The highest BCUT2D eigenvalue weighted by Crippen LogP contribution is 2.33. The van der Waals surface area contributed by atoms with Crippen LogP contribution in [0.25, 0.3) is 0 Å². The van der Waals surface area contributed by atoms with E-state index in [1.807, 2.05) is 6.07 Å². The number of hydrogen-bond acceptors (Lipinski definition) is 2. The van der Waals surface area contributed by atoms with Crippen LogP contribution >= 0.6 is 22.9 Å². The van der Waals surface area contributed by atoms with E-state index < -0.39 is 0 Å². The van der Waals surface area contributed by atoms with Crippen LogP contribution in [-0.2, 0) is 6.42 Å². The molecule has 0 aliphatic carbocycles. The summed E-state index contributed by atoms with van der Waals surface area (Å²) in [5.74, 6) is 0. The van der Waals surface area contributed by atoms with E-state index in [1.54, 1.807) is 11.3 Å². The Morgan fingerprint density at radius 2 is 1.86 bits per heavy atom. The summed E-state index contributed by atoms with van der Waals surface area (Å²) in [5.41, 5.74) is 2.72. The Kier molecular flexibility index (Phi) is 6.75. The van der Waals surface area contributed by atoms with Crippen molar-refractivity contribution >= 4 is 22.9 Å². The van der Waals surface area contributed by atoms with Crippen LogP contribution in [0.1, 0.15) is 55.2 Å². The Morgan fingerprint density at radius 3 is 2.43 bits per heavy atom. The van der Waals surface area contributed by atoms with Gasteiger partial charge in [-0.2, -0.15) is 0 Å². The molecule has 1 N–H and O–H groups in total. The van der Waals surface area contributed by atoms with E-state index in [4.69, 9.17) is 11.6 Å². The summed E-state index contributed by atoms with van der Waals surface area (Å²) in [6.07, 6.45) is 4.79. The third kappa shape index (κ3) is 4.57. The number of aryl methyl sites for hydroxylation is 1. The number of rotatable bonds is 8. The molecular formula is C18H24ClNS. The average Bonchev–Trinajstić information content (AvgIpc) is 2.93. The van der Waals surface area contributed by atoms with Crippen molar-refractivity contribution < 1.29 is 0 Å². The molecule has 21 heavy (non-hydrogen) atoms. The van der Waals surface area contributed by atoms with Crippen LogP contribution in [0.15, 0.2) is 35.7 Å². The zero-order valence-electron chi connectivity index (χ0n) is 12.9. The standard InChI is InChI=1S/C18H24ClNS/c1-3-5-6-14-7-9-15(10-8-14)17(20-12-4-2)18-16(19)11-13-21-18/h7-11,13,17,20H,3-6,12H2,1-2H3. The molecule has 0 saturated heterocycles. The smallest absolute Gasteiger partial charge is 0.0686 e. The first-order valence-corrected chi connectivity index (χ1v) is 9.07. The van der Waals surface area contributed by atoms with Crippen LogP contribution in [0.2, 0.25) is 5.02 Å². The van der Waals surface area contributed by atoms with Crippen molar-refractivity contribution in [2.45, 2.75) is 45.6 Å². The van der Waals surface area contributed by atoms with Crippen molar-refractivity contribution in [1.29, 1.82) is 0 Å². The molecule has 0 fully saturated rings. The molecule has 114 valence electrons. The number of halogens is 1. The molecule has 3 heteroatoms. The Labute approximate surface area is 137 Å². The van der Waals surface area contributed by atoms with E-state index in [9.17, 15) is 0 Å². The fourth-order valence-electron chi connectivity index (χ4n) is 2.42. The summed E-state index contributed by atoms with van der Waals surface area (Å²) in [4.78, 5) is 1.21. The molecule has 1 nitrogen and oxygen atoms in total. The number of unbranched alkanes of at least 4 members (excludes halogenated alkanes) is 1. The molecule has 1 heterocycles. The fourth-order valence-corrected chi connectivity index (χ4v) is 3.69. The quantitative estimate of drug-likeness (QED) is 0.644. The summed E-state index contributed by atoms with van der Waals surface area (Å²) >= 11 is 8.06. The molecule has 0 amide bonds. The molecule has 1 unspecified atom stereocenters. The van der Waals surface area contributed by atoms with Gasteiger partial charge in [0.05, 0.1) is 11.1 Å². The lowest BCUT2D eigenvalue weighted by Crippen LogP contribution is -2.22. The average molecular weight is 322 g/mol. The first kappa shape index (κ1) is 16.5. The highest BCUT2D eigenvalue weighted by molar-refractivity contribution is 7.10. The highest BCUT2D eigenvalue weighted by atomic mass is 35.5. The minimum atomic E-state index is 0.206. The van der Waals surface area contributed by atoms with Gasteiger partial charge in [-0.1, -0.05) is 56.1 Å². The van der Waals surface area contributed by atoms with Crippen molar-refractivity contribution in [3.05, 3.63) is 56.7 Å². The molecule has 1 aromatic carbocycles. The number of nitrogens with one attached hydrogen (secondary N) is 1. The second kappa shape index (κ2) is 8.57. The fraction of sp³-hybridized carbons (Fsp3) is 0.444. The van der Waals surface area contributed by atoms with Crippen molar-refractivity contribution in [2.24, 2.45) is 0 Å². The minimum Gasteiger partial charge on any atom is -0.306 e. The van der Waals surface area contributed by atoms with Gasteiger partial charge in [-0.15, -0.1) is 11.3 Å². The first-order chi connectivity index (χ1) is 10.3. The maximum absolute atomic E-state index is 6.33. The van der Waals surface area contributed by atoms with Gasteiger partial charge in [-0.25, -0.2) is 0 Å². The third-order valence-electron chi connectivity index (χ3n) is 3.64. The first-order valence-electron chi connectivity index (χ1n) is 7.81. The van der Waals surface area contributed by atoms with E-state index in [1.165, 1.54) is 35.3 Å². The Bertz CT molecular complexity index is 532. The predicted octanol–water partition coefficient (Wildman–Crippen LogP) is 5.83. The Morgan fingerprint density at radius 1 is 1.10 bits per heavy atom. The van der Waals surface area contributed by atoms with Gasteiger partial charge in [0.25, 0.3) is 0 Å². The van der Waals surface area contributed by atoms with Gasteiger partial charge < -0.3 is 5.32 Å². The van der Waals surface area contributed by atoms with E-state index in [0.717, 1.165) is 18.0 Å². The molecule has 2 aromatic rings. The maximum atomic E-state index is 6.33. The second-order valence-electron chi connectivity index (χ2n) is 5.37. The van der Waals surface area contributed by atoms with Gasteiger partial charge in [-0.05, 0) is 48.4 Å². The van der Waals surface area contributed by atoms with Gasteiger partial charge in [0.1, 0.15) is 0 Å². The number of thiophene rings is 1. The van der Waals surface area contributed by atoms with E-state index in [0.29, 0.717) is 0 Å².